The number of hydrogen-bond donors (Lipinski definition) is 1. The van der Waals surface area contributed by atoms with Crippen LogP contribution in [-0.4, -0.2) is 44.1 Å². The second-order valence-corrected chi connectivity index (χ2v) is 8.66. The Hall–Kier alpha value is -1.85. The molecule has 4 heterocycles. The van der Waals surface area contributed by atoms with Gasteiger partial charge in [0.1, 0.15) is 0 Å². The van der Waals surface area contributed by atoms with E-state index in [-0.39, 0.29) is 36.1 Å². The van der Waals surface area contributed by atoms with Gasteiger partial charge in [0.2, 0.25) is 5.91 Å². The number of amides is 1. The molecule has 0 radical (unpaired) electrons. The third-order valence-electron chi connectivity index (χ3n) is 6.35. The van der Waals surface area contributed by atoms with Crippen LogP contribution < -0.4 is 15.1 Å². The van der Waals surface area contributed by atoms with Gasteiger partial charge >= 0.3 is 0 Å². The van der Waals surface area contributed by atoms with Gasteiger partial charge in [0.15, 0.2) is 0 Å². The summed E-state index contributed by atoms with van der Waals surface area (Å²) in [5, 5.41) is 3.07. The lowest BCUT2D eigenvalue weighted by Gasteiger charge is -2.47. The Bertz CT molecular complexity index is 679. The van der Waals surface area contributed by atoms with Crippen LogP contribution in [0.25, 0.3) is 0 Å². The fraction of sp³-hybridized carbons (Fsp3) is 0.650. The largest absolute Gasteiger partial charge is 0.371 e. The fourth-order valence-electron chi connectivity index (χ4n) is 4.76. The predicted molar refractivity (Wildman–Crippen MR) is 98.9 cm³/mol. The van der Waals surface area contributed by atoms with Gasteiger partial charge in [-0.15, -0.1) is 0 Å². The Balaban J connectivity index is 1.53. The van der Waals surface area contributed by atoms with E-state index in [0.717, 1.165) is 24.3 Å². The molecule has 4 aliphatic rings. The Morgan fingerprint density at radius 3 is 2.35 bits per heavy atom. The summed E-state index contributed by atoms with van der Waals surface area (Å²) in [5.41, 5.74) is 2.17. The average Bonchev–Trinajstić information content (AvgIpc) is 2.81. The number of anilines is 2. The summed E-state index contributed by atoms with van der Waals surface area (Å²) >= 11 is 0. The van der Waals surface area contributed by atoms with Gasteiger partial charge in [0, 0.05) is 50.4 Å². The summed E-state index contributed by atoms with van der Waals surface area (Å²) < 4.78 is 26.7. The molecule has 0 aromatic heterocycles. The Kier molecular flexibility index (Phi) is 4.12. The van der Waals surface area contributed by atoms with Crippen molar-refractivity contribution in [3.05, 3.63) is 24.3 Å². The monoisotopic (exact) mass is 363 g/mol. The summed E-state index contributed by atoms with van der Waals surface area (Å²) in [6.07, 6.45) is 0.763. The van der Waals surface area contributed by atoms with Crippen molar-refractivity contribution in [1.82, 2.24) is 5.32 Å². The summed E-state index contributed by atoms with van der Waals surface area (Å²) in [5.74, 6) is -2.34. The highest BCUT2D eigenvalue weighted by atomic mass is 19.3. The quantitative estimate of drug-likeness (QED) is 0.876. The maximum atomic E-state index is 13.4. The number of benzene rings is 1. The van der Waals surface area contributed by atoms with Crippen molar-refractivity contribution in [2.45, 2.75) is 45.1 Å². The number of carbonyl (C=O) groups excluding carboxylic acids is 1. The number of carbonyl (C=O) groups is 1. The molecule has 6 heteroatoms. The lowest BCUT2D eigenvalue weighted by molar-refractivity contribution is -0.124. The molecule has 5 rings (SSSR count). The molecule has 4 nitrogen and oxygen atoms in total. The SMILES string of the molecule is CC1(C)C[C@H]2CN(c3ccc(N4CCC(F)(F)CC4)cc3)[C@@H]1CNC2=O. The van der Waals surface area contributed by atoms with Gasteiger partial charge in [0.05, 0.1) is 12.0 Å². The average molecular weight is 363 g/mol. The zero-order chi connectivity index (χ0) is 18.5. The van der Waals surface area contributed by atoms with Crippen LogP contribution in [0.2, 0.25) is 0 Å². The van der Waals surface area contributed by atoms with Gasteiger partial charge in [-0.2, -0.15) is 0 Å². The van der Waals surface area contributed by atoms with Crippen LogP contribution in [0.3, 0.4) is 0 Å². The lowest BCUT2D eigenvalue weighted by atomic mass is 9.73. The minimum absolute atomic E-state index is 0.0211. The van der Waals surface area contributed by atoms with Crippen molar-refractivity contribution in [2.24, 2.45) is 11.3 Å². The molecule has 1 amide bonds. The molecular weight excluding hydrogens is 336 g/mol. The summed E-state index contributed by atoms with van der Waals surface area (Å²) in [4.78, 5) is 16.6. The van der Waals surface area contributed by atoms with Gasteiger partial charge < -0.3 is 15.1 Å². The molecule has 0 aliphatic carbocycles. The molecule has 1 N–H and O–H groups in total. The number of fused-ring (bicyclic) bond motifs is 4. The summed E-state index contributed by atoms with van der Waals surface area (Å²) in [6, 6.07) is 8.47. The van der Waals surface area contributed by atoms with Crippen molar-refractivity contribution in [1.29, 1.82) is 0 Å². The topological polar surface area (TPSA) is 35.6 Å². The van der Waals surface area contributed by atoms with E-state index in [9.17, 15) is 13.6 Å². The lowest BCUT2D eigenvalue weighted by Crippen LogP contribution is -2.53. The predicted octanol–water partition coefficient (Wildman–Crippen LogP) is 3.27. The van der Waals surface area contributed by atoms with Crippen LogP contribution in [0.15, 0.2) is 24.3 Å². The first-order chi connectivity index (χ1) is 12.3. The van der Waals surface area contributed by atoms with Crippen molar-refractivity contribution in [2.75, 3.05) is 36.0 Å². The standard InChI is InChI=1S/C20H27F2N3O/c1-19(2)11-14-13-25(17(19)12-23-18(14)26)16-5-3-15(4-6-16)24-9-7-20(21,22)8-10-24/h3-6,14,17H,7-13H2,1-2H3,(H,23,26)/t14-,17+/m0/s1. The molecule has 1 aromatic carbocycles. The van der Waals surface area contributed by atoms with E-state index in [2.05, 4.69) is 36.2 Å². The van der Waals surface area contributed by atoms with Crippen molar-refractivity contribution in [3.8, 4) is 0 Å². The molecule has 26 heavy (non-hydrogen) atoms. The second-order valence-electron chi connectivity index (χ2n) is 8.66. The van der Waals surface area contributed by atoms with E-state index < -0.39 is 5.92 Å². The van der Waals surface area contributed by atoms with E-state index in [4.69, 9.17) is 0 Å². The first-order valence-electron chi connectivity index (χ1n) is 9.52. The maximum Gasteiger partial charge on any atom is 0.251 e. The highest BCUT2D eigenvalue weighted by Gasteiger charge is 2.46. The molecular formula is C20H27F2N3O. The zero-order valence-electron chi connectivity index (χ0n) is 15.5. The number of alkyl halides is 2. The first kappa shape index (κ1) is 17.6. The van der Waals surface area contributed by atoms with Crippen LogP contribution in [-0.2, 0) is 4.79 Å². The third kappa shape index (κ3) is 3.14. The van der Waals surface area contributed by atoms with Gasteiger partial charge in [0.25, 0.3) is 5.92 Å². The molecule has 1 aromatic rings. The van der Waals surface area contributed by atoms with E-state index in [1.54, 1.807) is 0 Å². The van der Waals surface area contributed by atoms with Crippen LogP contribution in [0, 0.1) is 11.3 Å². The van der Waals surface area contributed by atoms with E-state index in [0.29, 0.717) is 19.6 Å². The number of hydrogen-bond acceptors (Lipinski definition) is 3. The van der Waals surface area contributed by atoms with E-state index in [1.165, 1.54) is 0 Å². The smallest absolute Gasteiger partial charge is 0.251 e. The number of nitrogens with zero attached hydrogens (tertiary/aromatic N) is 2. The number of piperidine rings is 2. The molecule has 2 bridgehead atoms. The summed E-state index contributed by atoms with van der Waals surface area (Å²) in [6.45, 7) is 6.68. The van der Waals surface area contributed by atoms with E-state index >= 15 is 0 Å². The zero-order valence-corrected chi connectivity index (χ0v) is 15.5. The third-order valence-corrected chi connectivity index (χ3v) is 6.35. The molecule has 0 saturated carbocycles. The number of halogens is 2. The van der Waals surface area contributed by atoms with Crippen LogP contribution in [0.5, 0.6) is 0 Å². The normalized spacial score (nSPS) is 30.1. The minimum atomic E-state index is -2.52. The molecule has 142 valence electrons. The van der Waals surface area contributed by atoms with Gasteiger partial charge in [-0.05, 0) is 36.1 Å². The van der Waals surface area contributed by atoms with Crippen LogP contribution in [0.4, 0.5) is 20.2 Å². The minimum Gasteiger partial charge on any atom is -0.371 e. The number of rotatable bonds is 2. The molecule has 2 atom stereocenters. The molecule has 0 unspecified atom stereocenters. The van der Waals surface area contributed by atoms with E-state index in [1.807, 2.05) is 17.0 Å². The van der Waals surface area contributed by atoms with Crippen LogP contribution >= 0.6 is 0 Å². The molecule has 4 fully saturated rings. The second kappa shape index (κ2) is 6.10. The van der Waals surface area contributed by atoms with Crippen molar-refractivity contribution >= 4 is 17.3 Å². The van der Waals surface area contributed by atoms with Crippen molar-refractivity contribution < 1.29 is 13.6 Å². The molecule has 0 spiro atoms. The van der Waals surface area contributed by atoms with Gasteiger partial charge in [-0.3, -0.25) is 4.79 Å². The van der Waals surface area contributed by atoms with Crippen molar-refractivity contribution in [3.63, 3.8) is 0 Å². The highest BCUT2D eigenvalue weighted by molar-refractivity contribution is 5.81. The fourth-order valence-corrected chi connectivity index (χ4v) is 4.76. The maximum absolute atomic E-state index is 13.4. The molecule has 4 saturated heterocycles. The Morgan fingerprint density at radius 1 is 1.08 bits per heavy atom. The Labute approximate surface area is 153 Å². The number of nitrogens with one attached hydrogen (secondary N) is 1. The Morgan fingerprint density at radius 2 is 1.69 bits per heavy atom. The van der Waals surface area contributed by atoms with Crippen LogP contribution in [0.1, 0.15) is 33.1 Å². The summed E-state index contributed by atoms with van der Waals surface area (Å²) in [7, 11) is 0. The van der Waals surface area contributed by atoms with Gasteiger partial charge in [-0.25, -0.2) is 8.78 Å². The first-order valence-corrected chi connectivity index (χ1v) is 9.52. The molecule has 4 aliphatic heterocycles. The highest BCUT2D eigenvalue weighted by Crippen LogP contribution is 2.42. The van der Waals surface area contributed by atoms with Gasteiger partial charge in [-0.1, -0.05) is 13.8 Å².